The van der Waals surface area contributed by atoms with Crippen LogP contribution in [-0.4, -0.2) is 7.85 Å². The molecule has 0 atom stereocenters. The second-order valence-corrected chi connectivity index (χ2v) is 3.57. The number of hydrogen-bond donors (Lipinski definition) is 0. The molecule has 0 bridgehead atoms. The van der Waals surface area contributed by atoms with Gasteiger partial charge in [0.1, 0.15) is 7.85 Å². The van der Waals surface area contributed by atoms with E-state index in [2.05, 4.69) is 0 Å². The molecule has 0 spiro atoms. The van der Waals surface area contributed by atoms with Crippen LogP contribution in [0, 0.1) is 40.7 Å². The molecule has 0 heterocycles. The molecule has 8 heteroatoms. The zero-order chi connectivity index (χ0) is 13.8. The van der Waals surface area contributed by atoms with Gasteiger partial charge < -0.3 is 0 Å². The SMILES string of the molecule is Bc1c(F)c(F)c(F)c2c(F)c(F)c(F)c(F)c12. The minimum absolute atomic E-state index is 0.792. The van der Waals surface area contributed by atoms with Gasteiger partial charge in [0.05, 0.1) is 5.39 Å². The lowest BCUT2D eigenvalue weighted by Crippen LogP contribution is -2.18. The fourth-order valence-electron chi connectivity index (χ4n) is 1.67. The lowest BCUT2D eigenvalue weighted by molar-refractivity contribution is 0.411. The van der Waals surface area contributed by atoms with Crippen LogP contribution in [0.2, 0.25) is 0 Å². The summed E-state index contributed by atoms with van der Waals surface area (Å²) in [5.41, 5.74) is -0.848. The molecule has 0 nitrogen and oxygen atoms in total. The molecule has 0 radical (unpaired) electrons. The van der Waals surface area contributed by atoms with Gasteiger partial charge in [0.25, 0.3) is 0 Å². The molecule has 94 valence electrons. The van der Waals surface area contributed by atoms with Crippen LogP contribution >= 0.6 is 0 Å². The summed E-state index contributed by atoms with van der Waals surface area (Å²) in [5.74, 6) is -14.6. The molecule has 0 unspecified atom stereocenters. The summed E-state index contributed by atoms with van der Waals surface area (Å²) in [6, 6.07) is 0. The van der Waals surface area contributed by atoms with Crippen molar-refractivity contribution in [1.82, 2.24) is 0 Å². The summed E-state index contributed by atoms with van der Waals surface area (Å²) < 4.78 is 91.9. The van der Waals surface area contributed by atoms with Gasteiger partial charge >= 0.3 is 0 Å². The summed E-state index contributed by atoms with van der Waals surface area (Å²) in [7, 11) is 0.792. The second-order valence-electron chi connectivity index (χ2n) is 3.57. The quantitative estimate of drug-likeness (QED) is 0.296. The monoisotopic (exact) mass is 266 g/mol. The van der Waals surface area contributed by atoms with Crippen LogP contribution in [0.25, 0.3) is 10.8 Å². The Kier molecular flexibility index (Phi) is 2.75. The maximum atomic E-state index is 13.4. The van der Waals surface area contributed by atoms with Crippen LogP contribution in [-0.2, 0) is 0 Å². The summed E-state index contributed by atoms with van der Waals surface area (Å²) in [6.07, 6.45) is 0. The first-order chi connectivity index (χ1) is 8.29. The van der Waals surface area contributed by atoms with Crippen molar-refractivity contribution in [3.05, 3.63) is 40.7 Å². The van der Waals surface area contributed by atoms with Crippen molar-refractivity contribution in [3.63, 3.8) is 0 Å². The van der Waals surface area contributed by atoms with Crippen molar-refractivity contribution in [1.29, 1.82) is 0 Å². The van der Waals surface area contributed by atoms with E-state index in [-0.39, 0.29) is 0 Å². The van der Waals surface area contributed by atoms with E-state index in [1.54, 1.807) is 0 Å². The van der Waals surface area contributed by atoms with Crippen LogP contribution in [0.1, 0.15) is 0 Å². The summed E-state index contributed by atoms with van der Waals surface area (Å²) in [4.78, 5) is 0. The van der Waals surface area contributed by atoms with Gasteiger partial charge in [0.15, 0.2) is 40.7 Å². The Bertz CT molecular complexity index is 567. The molecule has 0 aliphatic rings. The van der Waals surface area contributed by atoms with E-state index in [1.807, 2.05) is 0 Å². The maximum absolute atomic E-state index is 13.4. The molecule has 2 rings (SSSR count). The lowest BCUT2D eigenvalue weighted by atomic mass is 9.88. The Hall–Kier alpha value is -1.73. The van der Waals surface area contributed by atoms with Crippen molar-refractivity contribution in [2.45, 2.75) is 0 Å². The molecule has 0 saturated carbocycles. The number of hydrogen-bond acceptors (Lipinski definition) is 0. The molecule has 0 amide bonds. The molecule has 2 aromatic carbocycles. The van der Waals surface area contributed by atoms with Gasteiger partial charge in [-0.1, -0.05) is 0 Å². The first kappa shape index (κ1) is 12.7. The highest BCUT2D eigenvalue weighted by atomic mass is 19.2. The van der Waals surface area contributed by atoms with E-state index >= 15 is 0 Å². The van der Waals surface area contributed by atoms with Crippen LogP contribution < -0.4 is 5.46 Å². The average Bonchev–Trinajstić information content (AvgIpc) is 2.35. The lowest BCUT2D eigenvalue weighted by Gasteiger charge is -2.10. The minimum atomic E-state index is -2.29. The predicted molar refractivity (Wildman–Crippen MR) is 51.8 cm³/mol. The van der Waals surface area contributed by atoms with Gasteiger partial charge in [-0.15, -0.1) is 0 Å². The Labute approximate surface area is 96.4 Å². The molecule has 0 saturated heterocycles. The Morgan fingerprint density at radius 3 is 1.22 bits per heavy atom. The molecular formula is C10H2BF7. The summed E-state index contributed by atoms with van der Waals surface area (Å²) >= 11 is 0. The molecule has 0 aromatic heterocycles. The van der Waals surface area contributed by atoms with Gasteiger partial charge in [0.2, 0.25) is 0 Å². The van der Waals surface area contributed by atoms with Gasteiger partial charge in [-0.05, 0) is 5.46 Å². The van der Waals surface area contributed by atoms with E-state index < -0.39 is 57.0 Å². The molecule has 2 aromatic rings. The van der Waals surface area contributed by atoms with Gasteiger partial charge in [-0.3, -0.25) is 0 Å². The van der Waals surface area contributed by atoms with Crippen molar-refractivity contribution < 1.29 is 30.7 Å². The van der Waals surface area contributed by atoms with Gasteiger partial charge in [-0.2, -0.15) is 0 Å². The average molecular weight is 266 g/mol. The largest absolute Gasteiger partial charge is 0.204 e. The normalized spacial score (nSPS) is 11.3. The molecular weight excluding hydrogens is 264 g/mol. The van der Waals surface area contributed by atoms with E-state index in [4.69, 9.17) is 0 Å². The number of benzene rings is 2. The minimum Gasteiger partial charge on any atom is -0.204 e. The van der Waals surface area contributed by atoms with Crippen LogP contribution in [0.5, 0.6) is 0 Å². The van der Waals surface area contributed by atoms with Crippen LogP contribution in [0.3, 0.4) is 0 Å². The molecule has 18 heavy (non-hydrogen) atoms. The maximum Gasteiger partial charge on any atom is 0.198 e. The smallest absolute Gasteiger partial charge is 0.198 e. The van der Waals surface area contributed by atoms with Gasteiger partial charge in [0, 0.05) is 5.39 Å². The fourth-order valence-corrected chi connectivity index (χ4v) is 1.67. The highest BCUT2D eigenvalue weighted by Gasteiger charge is 2.28. The Balaban J connectivity index is 3.22. The van der Waals surface area contributed by atoms with E-state index in [9.17, 15) is 30.7 Å². The first-order valence-corrected chi connectivity index (χ1v) is 4.57. The topological polar surface area (TPSA) is 0 Å². The third-order valence-corrected chi connectivity index (χ3v) is 2.58. The summed E-state index contributed by atoms with van der Waals surface area (Å²) in [5, 5.41) is -2.62. The van der Waals surface area contributed by atoms with Crippen LogP contribution in [0.15, 0.2) is 0 Å². The third kappa shape index (κ3) is 1.41. The fraction of sp³-hybridized carbons (Fsp3) is 0. The highest BCUT2D eigenvalue weighted by molar-refractivity contribution is 6.39. The van der Waals surface area contributed by atoms with Gasteiger partial charge in [-0.25, -0.2) is 30.7 Å². The third-order valence-electron chi connectivity index (χ3n) is 2.58. The Morgan fingerprint density at radius 2 is 0.778 bits per heavy atom. The zero-order valence-corrected chi connectivity index (χ0v) is 8.65. The zero-order valence-electron chi connectivity index (χ0n) is 8.65. The molecule has 0 aliphatic carbocycles. The highest BCUT2D eigenvalue weighted by Crippen LogP contribution is 2.29. The van der Waals surface area contributed by atoms with E-state index in [1.165, 1.54) is 0 Å². The Morgan fingerprint density at radius 1 is 0.444 bits per heavy atom. The van der Waals surface area contributed by atoms with E-state index in [0.29, 0.717) is 0 Å². The molecule has 0 N–H and O–H groups in total. The summed E-state index contributed by atoms with van der Waals surface area (Å²) in [6.45, 7) is 0. The first-order valence-electron chi connectivity index (χ1n) is 4.57. The van der Waals surface area contributed by atoms with Crippen molar-refractivity contribution >= 4 is 24.1 Å². The second kappa shape index (κ2) is 3.89. The predicted octanol–water partition coefficient (Wildman–Crippen LogP) is 2.07. The molecule has 0 fully saturated rings. The molecule has 0 aliphatic heterocycles. The number of halogens is 7. The van der Waals surface area contributed by atoms with Crippen molar-refractivity contribution in [2.24, 2.45) is 0 Å². The van der Waals surface area contributed by atoms with Crippen LogP contribution in [0.4, 0.5) is 30.7 Å². The van der Waals surface area contributed by atoms with Crippen molar-refractivity contribution in [3.8, 4) is 0 Å². The number of rotatable bonds is 0. The van der Waals surface area contributed by atoms with Crippen molar-refractivity contribution in [2.75, 3.05) is 0 Å². The standard InChI is InChI=1S/C10H2BF7/c11-3-1-2(5(13)8(16)7(3)15)6(14)10(18)9(17)4(1)12/h11H2. The number of fused-ring (bicyclic) bond motifs is 1. The van der Waals surface area contributed by atoms with E-state index in [0.717, 1.165) is 7.85 Å².